The predicted molar refractivity (Wildman–Crippen MR) is 61.0 cm³/mol. The molecule has 1 saturated heterocycles. The van der Waals surface area contributed by atoms with Crippen molar-refractivity contribution in [3.63, 3.8) is 0 Å². The Morgan fingerprint density at radius 1 is 1.50 bits per heavy atom. The van der Waals surface area contributed by atoms with Gasteiger partial charge in [-0.15, -0.1) is 10.2 Å². The van der Waals surface area contributed by atoms with Gasteiger partial charge in [0.1, 0.15) is 11.6 Å². The van der Waals surface area contributed by atoms with Crippen LogP contribution in [0.15, 0.2) is 0 Å². The summed E-state index contributed by atoms with van der Waals surface area (Å²) < 4.78 is 7.67. The first-order valence-corrected chi connectivity index (χ1v) is 6.06. The number of nitrogens with two attached hydrogens (primary N) is 1. The van der Waals surface area contributed by atoms with Gasteiger partial charge >= 0.3 is 0 Å². The molecule has 5 nitrogen and oxygen atoms in total. The SMILES string of the molecule is CCCn1c(CN)nnc1C1CCCOC1. The summed E-state index contributed by atoms with van der Waals surface area (Å²) in [6, 6.07) is 0. The van der Waals surface area contributed by atoms with Gasteiger partial charge in [-0.1, -0.05) is 6.92 Å². The summed E-state index contributed by atoms with van der Waals surface area (Å²) in [6.45, 7) is 5.21. The molecule has 0 radical (unpaired) electrons. The highest BCUT2D eigenvalue weighted by Crippen LogP contribution is 2.24. The van der Waals surface area contributed by atoms with Crippen LogP contribution in [0.1, 0.15) is 43.8 Å². The van der Waals surface area contributed by atoms with Gasteiger partial charge in [-0.05, 0) is 19.3 Å². The minimum atomic E-state index is 0.396. The van der Waals surface area contributed by atoms with E-state index in [4.69, 9.17) is 10.5 Å². The first-order chi connectivity index (χ1) is 7.86. The maximum atomic E-state index is 5.67. The molecule has 0 aromatic carbocycles. The molecule has 0 spiro atoms. The Bertz CT molecular complexity index is 331. The third-order valence-corrected chi connectivity index (χ3v) is 3.01. The van der Waals surface area contributed by atoms with E-state index in [2.05, 4.69) is 21.7 Å². The molecule has 1 unspecified atom stereocenters. The molecule has 0 aliphatic carbocycles. The van der Waals surface area contributed by atoms with E-state index in [0.29, 0.717) is 12.5 Å². The molecule has 1 atom stereocenters. The number of aromatic nitrogens is 3. The van der Waals surface area contributed by atoms with Crippen LogP contribution < -0.4 is 5.73 Å². The Labute approximate surface area is 96.0 Å². The Balaban J connectivity index is 2.20. The third-order valence-electron chi connectivity index (χ3n) is 3.01. The molecule has 1 fully saturated rings. The average Bonchev–Trinajstić information content (AvgIpc) is 2.74. The average molecular weight is 224 g/mol. The molecule has 1 aromatic rings. The van der Waals surface area contributed by atoms with E-state index < -0.39 is 0 Å². The van der Waals surface area contributed by atoms with E-state index in [1.807, 2.05) is 0 Å². The molecule has 0 saturated carbocycles. The Morgan fingerprint density at radius 3 is 3.00 bits per heavy atom. The summed E-state index contributed by atoms with van der Waals surface area (Å²) in [4.78, 5) is 0. The van der Waals surface area contributed by atoms with Crippen molar-refractivity contribution in [3.05, 3.63) is 11.6 Å². The van der Waals surface area contributed by atoms with Crippen LogP contribution in [0.3, 0.4) is 0 Å². The van der Waals surface area contributed by atoms with Crippen LogP contribution in [-0.2, 0) is 17.8 Å². The molecule has 0 amide bonds. The van der Waals surface area contributed by atoms with Crippen molar-refractivity contribution < 1.29 is 4.74 Å². The quantitative estimate of drug-likeness (QED) is 0.830. The van der Waals surface area contributed by atoms with Gasteiger partial charge in [-0.2, -0.15) is 0 Å². The lowest BCUT2D eigenvalue weighted by molar-refractivity contribution is 0.0768. The van der Waals surface area contributed by atoms with Gasteiger partial charge in [-0.25, -0.2) is 0 Å². The fourth-order valence-electron chi connectivity index (χ4n) is 2.21. The highest BCUT2D eigenvalue weighted by Gasteiger charge is 2.22. The van der Waals surface area contributed by atoms with Gasteiger partial charge in [0, 0.05) is 19.1 Å². The van der Waals surface area contributed by atoms with Gasteiger partial charge in [0.25, 0.3) is 0 Å². The zero-order valence-electron chi connectivity index (χ0n) is 9.85. The second-order valence-corrected chi connectivity index (χ2v) is 4.24. The van der Waals surface area contributed by atoms with Crippen LogP contribution in [-0.4, -0.2) is 28.0 Å². The largest absolute Gasteiger partial charge is 0.381 e. The molecule has 1 aromatic heterocycles. The predicted octanol–water partition coefficient (Wildman–Crippen LogP) is 1.04. The highest BCUT2D eigenvalue weighted by molar-refractivity contribution is 5.03. The molecular formula is C11H20N4O. The van der Waals surface area contributed by atoms with Crippen molar-refractivity contribution in [2.45, 2.75) is 45.2 Å². The van der Waals surface area contributed by atoms with E-state index in [1.165, 1.54) is 0 Å². The lowest BCUT2D eigenvalue weighted by Crippen LogP contribution is -2.20. The Kier molecular flexibility index (Phi) is 3.90. The topological polar surface area (TPSA) is 66.0 Å². The summed E-state index contributed by atoms with van der Waals surface area (Å²) in [5, 5.41) is 8.44. The molecule has 0 bridgehead atoms. The number of rotatable bonds is 4. The van der Waals surface area contributed by atoms with Crippen LogP contribution in [0.2, 0.25) is 0 Å². The van der Waals surface area contributed by atoms with Crippen LogP contribution in [0.5, 0.6) is 0 Å². The zero-order chi connectivity index (χ0) is 11.4. The van der Waals surface area contributed by atoms with Gasteiger partial charge in [-0.3, -0.25) is 0 Å². The van der Waals surface area contributed by atoms with E-state index in [9.17, 15) is 0 Å². The molecular weight excluding hydrogens is 204 g/mol. The first kappa shape index (κ1) is 11.5. The summed E-state index contributed by atoms with van der Waals surface area (Å²) in [5.41, 5.74) is 5.67. The second kappa shape index (κ2) is 5.41. The Morgan fingerprint density at radius 2 is 2.38 bits per heavy atom. The van der Waals surface area contributed by atoms with E-state index >= 15 is 0 Å². The molecule has 5 heteroatoms. The summed E-state index contributed by atoms with van der Waals surface area (Å²) in [7, 11) is 0. The maximum absolute atomic E-state index is 5.67. The van der Waals surface area contributed by atoms with Crippen molar-refractivity contribution in [2.75, 3.05) is 13.2 Å². The standard InChI is InChI=1S/C11H20N4O/c1-2-5-15-10(7-12)13-14-11(15)9-4-3-6-16-8-9/h9H,2-8,12H2,1H3. The number of hydrogen-bond donors (Lipinski definition) is 1. The zero-order valence-corrected chi connectivity index (χ0v) is 9.85. The third kappa shape index (κ3) is 2.25. The maximum Gasteiger partial charge on any atom is 0.146 e. The number of nitrogens with zero attached hydrogens (tertiary/aromatic N) is 3. The van der Waals surface area contributed by atoms with Crippen molar-refractivity contribution in [1.29, 1.82) is 0 Å². The van der Waals surface area contributed by atoms with Crippen molar-refractivity contribution in [1.82, 2.24) is 14.8 Å². The minimum Gasteiger partial charge on any atom is -0.381 e. The summed E-state index contributed by atoms with van der Waals surface area (Å²) >= 11 is 0. The first-order valence-electron chi connectivity index (χ1n) is 6.06. The van der Waals surface area contributed by atoms with Crippen LogP contribution in [0, 0.1) is 0 Å². The number of ether oxygens (including phenoxy) is 1. The van der Waals surface area contributed by atoms with Crippen molar-refractivity contribution >= 4 is 0 Å². The summed E-state index contributed by atoms with van der Waals surface area (Å²) in [6.07, 6.45) is 3.33. The summed E-state index contributed by atoms with van der Waals surface area (Å²) in [5.74, 6) is 2.34. The van der Waals surface area contributed by atoms with E-state index in [1.54, 1.807) is 0 Å². The number of hydrogen-bond acceptors (Lipinski definition) is 4. The van der Waals surface area contributed by atoms with Gasteiger partial charge in [0.2, 0.25) is 0 Å². The molecule has 2 rings (SSSR count). The monoisotopic (exact) mass is 224 g/mol. The fraction of sp³-hybridized carbons (Fsp3) is 0.818. The highest BCUT2D eigenvalue weighted by atomic mass is 16.5. The molecule has 90 valence electrons. The smallest absolute Gasteiger partial charge is 0.146 e. The molecule has 16 heavy (non-hydrogen) atoms. The molecule has 2 heterocycles. The van der Waals surface area contributed by atoms with Crippen LogP contribution >= 0.6 is 0 Å². The Hall–Kier alpha value is -0.940. The molecule has 2 N–H and O–H groups in total. The van der Waals surface area contributed by atoms with Crippen molar-refractivity contribution in [3.8, 4) is 0 Å². The van der Waals surface area contributed by atoms with Gasteiger partial charge in [0.05, 0.1) is 13.2 Å². The van der Waals surface area contributed by atoms with Crippen LogP contribution in [0.4, 0.5) is 0 Å². The van der Waals surface area contributed by atoms with E-state index in [0.717, 1.165) is 50.7 Å². The second-order valence-electron chi connectivity index (χ2n) is 4.24. The van der Waals surface area contributed by atoms with Gasteiger partial charge in [0.15, 0.2) is 0 Å². The van der Waals surface area contributed by atoms with E-state index in [-0.39, 0.29) is 0 Å². The molecule has 1 aliphatic rings. The fourth-order valence-corrected chi connectivity index (χ4v) is 2.21. The van der Waals surface area contributed by atoms with Crippen molar-refractivity contribution in [2.24, 2.45) is 5.73 Å². The minimum absolute atomic E-state index is 0.396. The lowest BCUT2D eigenvalue weighted by atomic mass is 10.0. The lowest BCUT2D eigenvalue weighted by Gasteiger charge is -2.22. The molecule has 1 aliphatic heterocycles. The van der Waals surface area contributed by atoms with Crippen LogP contribution in [0.25, 0.3) is 0 Å². The van der Waals surface area contributed by atoms with Gasteiger partial charge < -0.3 is 15.0 Å². The normalized spacial score (nSPS) is 21.2.